The van der Waals surface area contributed by atoms with E-state index in [4.69, 9.17) is 0 Å². The first-order valence-corrected chi connectivity index (χ1v) is 8.10. The highest BCUT2D eigenvalue weighted by Crippen LogP contribution is 2.34. The predicted octanol–water partition coefficient (Wildman–Crippen LogP) is 2.79. The fraction of sp³-hybridized carbons (Fsp3) is 0.571. The maximum Gasteiger partial charge on any atom is 0.240 e. The van der Waals surface area contributed by atoms with E-state index in [0.29, 0.717) is 16.7 Å². The first kappa shape index (κ1) is 13.6. The molecule has 1 aliphatic carbocycles. The summed E-state index contributed by atoms with van der Waals surface area (Å²) in [7, 11) is -3.36. The van der Waals surface area contributed by atoms with E-state index in [2.05, 4.69) is 18.6 Å². The number of hydrogen-bond acceptors (Lipinski definition) is 2. The summed E-state index contributed by atoms with van der Waals surface area (Å²) >= 11 is 0. The van der Waals surface area contributed by atoms with E-state index in [-0.39, 0.29) is 6.04 Å². The summed E-state index contributed by atoms with van der Waals surface area (Å²) < 4.78 is 27.3. The summed E-state index contributed by atoms with van der Waals surface area (Å²) in [6, 6.07) is 8.69. The summed E-state index contributed by atoms with van der Waals surface area (Å²) in [4.78, 5) is 0.358. The molecule has 2 rings (SSSR count). The smallest absolute Gasteiger partial charge is 0.208 e. The summed E-state index contributed by atoms with van der Waals surface area (Å²) in [5, 5.41) is 0. The molecule has 18 heavy (non-hydrogen) atoms. The van der Waals surface area contributed by atoms with Crippen molar-refractivity contribution in [1.29, 1.82) is 0 Å². The fourth-order valence-corrected chi connectivity index (χ4v) is 4.24. The third-order valence-corrected chi connectivity index (χ3v) is 5.62. The molecule has 3 nitrogen and oxygen atoms in total. The number of hydrogen-bond donors (Lipinski definition) is 1. The molecule has 1 aliphatic rings. The molecule has 0 radical (unpaired) electrons. The van der Waals surface area contributed by atoms with Gasteiger partial charge in [-0.15, -0.1) is 0 Å². The molecule has 0 spiro atoms. The van der Waals surface area contributed by atoms with Gasteiger partial charge in [-0.25, -0.2) is 13.1 Å². The van der Waals surface area contributed by atoms with Crippen molar-refractivity contribution < 1.29 is 8.42 Å². The molecular weight excluding hydrogens is 246 g/mol. The van der Waals surface area contributed by atoms with Crippen LogP contribution in [-0.4, -0.2) is 14.5 Å². The SMILES string of the molecule is CCC1CCC(NS(=O)(=O)c2ccccc2)C1C. The van der Waals surface area contributed by atoms with E-state index in [1.165, 1.54) is 0 Å². The van der Waals surface area contributed by atoms with E-state index in [0.717, 1.165) is 19.3 Å². The topological polar surface area (TPSA) is 46.2 Å². The maximum absolute atomic E-state index is 12.2. The Balaban J connectivity index is 2.11. The lowest BCUT2D eigenvalue weighted by Crippen LogP contribution is -2.37. The molecule has 1 N–H and O–H groups in total. The monoisotopic (exact) mass is 267 g/mol. The van der Waals surface area contributed by atoms with Crippen LogP contribution in [0.15, 0.2) is 35.2 Å². The summed E-state index contributed by atoms with van der Waals surface area (Å²) in [6.07, 6.45) is 3.20. The fourth-order valence-electron chi connectivity index (χ4n) is 2.86. The van der Waals surface area contributed by atoms with Gasteiger partial charge in [-0.05, 0) is 36.8 Å². The van der Waals surface area contributed by atoms with Crippen LogP contribution in [-0.2, 0) is 10.0 Å². The van der Waals surface area contributed by atoms with E-state index in [1.807, 2.05) is 6.07 Å². The Morgan fingerprint density at radius 2 is 1.89 bits per heavy atom. The van der Waals surface area contributed by atoms with E-state index < -0.39 is 10.0 Å². The molecular formula is C14H21NO2S. The lowest BCUT2D eigenvalue weighted by atomic mass is 9.94. The zero-order chi connectivity index (χ0) is 13.2. The highest BCUT2D eigenvalue weighted by atomic mass is 32.2. The second-order valence-electron chi connectivity index (χ2n) is 5.15. The molecule has 1 aromatic carbocycles. The Morgan fingerprint density at radius 3 is 2.44 bits per heavy atom. The van der Waals surface area contributed by atoms with Crippen molar-refractivity contribution in [3.05, 3.63) is 30.3 Å². The van der Waals surface area contributed by atoms with Crippen LogP contribution < -0.4 is 4.72 Å². The van der Waals surface area contributed by atoms with Crippen LogP contribution in [0.3, 0.4) is 0 Å². The van der Waals surface area contributed by atoms with Crippen molar-refractivity contribution >= 4 is 10.0 Å². The summed E-state index contributed by atoms with van der Waals surface area (Å²) in [5.74, 6) is 1.07. The van der Waals surface area contributed by atoms with Gasteiger partial charge in [0.25, 0.3) is 0 Å². The van der Waals surface area contributed by atoms with Crippen LogP contribution in [0.1, 0.15) is 33.1 Å². The number of benzene rings is 1. The molecule has 100 valence electrons. The first-order valence-electron chi connectivity index (χ1n) is 6.62. The first-order chi connectivity index (χ1) is 8.54. The Hall–Kier alpha value is -0.870. The van der Waals surface area contributed by atoms with Gasteiger partial charge < -0.3 is 0 Å². The highest BCUT2D eigenvalue weighted by molar-refractivity contribution is 7.89. The average molecular weight is 267 g/mol. The zero-order valence-corrected chi connectivity index (χ0v) is 11.8. The Bertz CT molecular complexity index is 484. The molecule has 4 heteroatoms. The Kier molecular flexibility index (Phi) is 4.07. The minimum atomic E-state index is -3.36. The van der Waals surface area contributed by atoms with Gasteiger partial charge >= 0.3 is 0 Å². The standard InChI is InChI=1S/C14H21NO2S/c1-3-12-9-10-14(11(12)2)15-18(16,17)13-7-5-4-6-8-13/h4-8,11-12,14-15H,3,9-10H2,1-2H3. The van der Waals surface area contributed by atoms with E-state index in [1.54, 1.807) is 24.3 Å². The van der Waals surface area contributed by atoms with Crippen molar-refractivity contribution in [1.82, 2.24) is 4.72 Å². The molecule has 0 aliphatic heterocycles. The van der Waals surface area contributed by atoms with Crippen LogP contribution in [0.5, 0.6) is 0 Å². The van der Waals surface area contributed by atoms with Crippen LogP contribution in [0.4, 0.5) is 0 Å². The van der Waals surface area contributed by atoms with Gasteiger partial charge in [0.15, 0.2) is 0 Å². The molecule has 3 unspecified atom stereocenters. The van der Waals surface area contributed by atoms with Gasteiger partial charge in [0.2, 0.25) is 10.0 Å². The molecule has 0 saturated heterocycles. The third kappa shape index (κ3) is 2.75. The Labute approximate surface area is 110 Å². The molecule has 1 saturated carbocycles. The largest absolute Gasteiger partial charge is 0.240 e. The van der Waals surface area contributed by atoms with Gasteiger partial charge in [-0.2, -0.15) is 0 Å². The molecule has 0 aromatic heterocycles. The number of nitrogens with one attached hydrogen (secondary N) is 1. The molecule has 0 bridgehead atoms. The lowest BCUT2D eigenvalue weighted by molar-refractivity contribution is 0.368. The molecule has 1 aromatic rings. The molecule has 1 fully saturated rings. The van der Waals surface area contributed by atoms with Gasteiger partial charge in [-0.1, -0.05) is 38.5 Å². The quantitative estimate of drug-likeness (QED) is 0.911. The summed E-state index contributed by atoms with van der Waals surface area (Å²) in [5.41, 5.74) is 0. The minimum Gasteiger partial charge on any atom is -0.208 e. The molecule has 3 atom stereocenters. The van der Waals surface area contributed by atoms with Gasteiger partial charge in [0.05, 0.1) is 4.90 Å². The maximum atomic E-state index is 12.2. The zero-order valence-electron chi connectivity index (χ0n) is 11.0. The van der Waals surface area contributed by atoms with E-state index in [9.17, 15) is 8.42 Å². The number of sulfonamides is 1. The second kappa shape index (κ2) is 5.41. The van der Waals surface area contributed by atoms with Crippen molar-refractivity contribution in [3.8, 4) is 0 Å². The van der Waals surface area contributed by atoms with Gasteiger partial charge in [0.1, 0.15) is 0 Å². The van der Waals surface area contributed by atoms with Crippen LogP contribution in [0.2, 0.25) is 0 Å². The minimum absolute atomic E-state index is 0.0835. The summed E-state index contributed by atoms with van der Waals surface area (Å²) in [6.45, 7) is 4.33. The molecule has 0 amide bonds. The van der Waals surface area contributed by atoms with Crippen LogP contribution in [0.25, 0.3) is 0 Å². The van der Waals surface area contributed by atoms with Crippen molar-refractivity contribution in [3.63, 3.8) is 0 Å². The van der Waals surface area contributed by atoms with Crippen molar-refractivity contribution in [2.45, 2.75) is 44.0 Å². The van der Waals surface area contributed by atoms with E-state index >= 15 is 0 Å². The highest BCUT2D eigenvalue weighted by Gasteiger charge is 2.34. The van der Waals surface area contributed by atoms with Crippen LogP contribution >= 0.6 is 0 Å². The predicted molar refractivity (Wildman–Crippen MR) is 72.7 cm³/mol. The van der Waals surface area contributed by atoms with Crippen molar-refractivity contribution in [2.24, 2.45) is 11.8 Å². The van der Waals surface area contributed by atoms with Crippen molar-refractivity contribution in [2.75, 3.05) is 0 Å². The number of rotatable bonds is 4. The van der Waals surface area contributed by atoms with Gasteiger partial charge in [0, 0.05) is 6.04 Å². The Morgan fingerprint density at radius 1 is 1.22 bits per heavy atom. The third-order valence-electron chi connectivity index (χ3n) is 4.11. The second-order valence-corrected chi connectivity index (χ2v) is 6.86. The average Bonchev–Trinajstić information content (AvgIpc) is 2.71. The van der Waals surface area contributed by atoms with Gasteiger partial charge in [-0.3, -0.25) is 0 Å². The lowest BCUT2D eigenvalue weighted by Gasteiger charge is -2.20. The normalized spacial score (nSPS) is 28.4. The van der Waals surface area contributed by atoms with Crippen LogP contribution in [0, 0.1) is 11.8 Å². The molecule has 0 heterocycles.